The van der Waals surface area contributed by atoms with Gasteiger partial charge in [-0.2, -0.15) is 0 Å². The molecular weight excluding hydrogens is 849 g/mol. The lowest BCUT2D eigenvalue weighted by molar-refractivity contribution is -0.295. The molecular formula is C48H70O17. The average molecular weight is 919 g/mol. The molecule has 2 aliphatic heterocycles. The van der Waals surface area contributed by atoms with Crippen molar-refractivity contribution < 1.29 is 84.3 Å². The Balaban J connectivity index is 0.992. The summed E-state index contributed by atoms with van der Waals surface area (Å²) in [6.07, 6.45) is -5.08. The fourth-order valence-electron chi connectivity index (χ4n) is 14.5. The molecule has 0 radical (unpaired) electrons. The fraction of sp³-hybridized carbons (Fsp3) is 0.792. The Morgan fingerprint density at radius 1 is 0.785 bits per heavy atom. The molecule has 2 saturated heterocycles. The number of esters is 2. The van der Waals surface area contributed by atoms with Gasteiger partial charge in [-0.15, -0.1) is 0 Å². The first kappa shape index (κ1) is 48.4. The summed E-state index contributed by atoms with van der Waals surface area (Å²) in [7, 11) is 0. The molecule has 0 amide bonds. The number of fused-ring (bicyclic) bond motifs is 7. The quantitative estimate of drug-likeness (QED) is 0.102. The number of aliphatic hydroxyl groups is 7. The van der Waals surface area contributed by atoms with Gasteiger partial charge < -0.3 is 74.7 Å². The largest absolute Gasteiger partial charge is 0.504 e. The van der Waals surface area contributed by atoms with Gasteiger partial charge in [0.1, 0.15) is 49.3 Å². The minimum absolute atomic E-state index is 0.0815. The van der Waals surface area contributed by atoms with E-state index in [4.69, 9.17) is 23.7 Å². The molecule has 20 atom stereocenters. The predicted molar refractivity (Wildman–Crippen MR) is 227 cm³/mol. The summed E-state index contributed by atoms with van der Waals surface area (Å²) in [4.78, 5) is 27.1. The number of benzene rings is 1. The standard InChI is InChI=1S/C48H70O17/c1-21-16-24(41(59)65-43-39(57)37(55)36(54)29(63-43)20-61-40(58)22-17-26(50)34(52)27(51)18-22)23-10-14-46(5)25(33(23)48(21,7)60)8-9-31-45(4)13-12-32(44(2,3)30(45)11-15-47(31,46)6)64-42-38(56)35(53)28(19-49)62-42/h8,17-18,21,23-24,28-33,35-39,42-43,49-57,60H,9-16,19-20H2,1-7H3. The number of carbonyl (C=O) groups excluding carboxylic acids is 2. The number of aliphatic hydroxyl groups excluding tert-OH is 6. The number of hydrogen-bond acceptors (Lipinski definition) is 17. The van der Waals surface area contributed by atoms with Crippen LogP contribution in [-0.2, 0) is 28.5 Å². The summed E-state index contributed by atoms with van der Waals surface area (Å²) in [6.45, 7) is 14.3. The van der Waals surface area contributed by atoms with E-state index in [1.165, 1.54) is 0 Å². The van der Waals surface area contributed by atoms with E-state index in [1.807, 2.05) is 13.8 Å². The van der Waals surface area contributed by atoms with Gasteiger partial charge in [0.25, 0.3) is 0 Å². The summed E-state index contributed by atoms with van der Waals surface area (Å²) in [5.74, 6) is -5.35. The molecule has 1 aromatic rings. The normalized spacial score (nSPS) is 47.9. The van der Waals surface area contributed by atoms with Crippen molar-refractivity contribution in [2.45, 2.75) is 167 Å². The monoisotopic (exact) mass is 918 g/mol. The topological polar surface area (TPSA) is 283 Å². The van der Waals surface area contributed by atoms with Gasteiger partial charge in [-0.05, 0) is 116 Å². The lowest BCUT2D eigenvalue weighted by Crippen LogP contribution is -2.66. The van der Waals surface area contributed by atoms with Gasteiger partial charge in [-0.3, -0.25) is 4.79 Å². The average Bonchev–Trinajstić information content (AvgIpc) is 3.52. The van der Waals surface area contributed by atoms with E-state index in [0.29, 0.717) is 18.8 Å². The zero-order valence-electron chi connectivity index (χ0n) is 38.4. The van der Waals surface area contributed by atoms with E-state index in [-0.39, 0.29) is 51.1 Å². The number of phenolic OH excluding ortho intramolecular Hbond substituents is 3. The van der Waals surface area contributed by atoms with E-state index in [9.17, 15) is 60.7 Å². The second-order valence-corrected chi connectivity index (χ2v) is 22.0. The van der Waals surface area contributed by atoms with Crippen LogP contribution >= 0.6 is 0 Å². The Kier molecular flexibility index (Phi) is 12.5. The molecule has 5 aliphatic carbocycles. The van der Waals surface area contributed by atoms with Crippen molar-refractivity contribution in [1.82, 2.24) is 0 Å². The molecule has 0 bridgehead atoms. The molecule has 65 heavy (non-hydrogen) atoms. The number of allylic oxidation sites excluding steroid dienone is 1. The summed E-state index contributed by atoms with van der Waals surface area (Å²) in [5.41, 5.74) is -1.21. The Morgan fingerprint density at radius 2 is 1.42 bits per heavy atom. The Morgan fingerprint density at radius 3 is 2.06 bits per heavy atom. The summed E-state index contributed by atoms with van der Waals surface area (Å²) >= 11 is 0. The van der Waals surface area contributed by atoms with E-state index in [2.05, 4.69) is 40.7 Å². The van der Waals surface area contributed by atoms with Crippen LogP contribution in [0.3, 0.4) is 0 Å². The highest BCUT2D eigenvalue weighted by atomic mass is 16.7. The summed E-state index contributed by atoms with van der Waals surface area (Å²) < 4.78 is 29.1. The minimum Gasteiger partial charge on any atom is -0.504 e. The van der Waals surface area contributed by atoms with E-state index in [0.717, 1.165) is 56.2 Å². The first-order valence-corrected chi connectivity index (χ1v) is 23.4. The number of aromatic hydroxyl groups is 3. The zero-order chi connectivity index (χ0) is 47.5. The SMILES string of the molecule is CC1CC(C(=O)OC2OC(COC(=O)c3cc(O)c(O)c(O)c3)C(O)C(O)C2O)C2CCC3(C)C(=CCC4C5(C)CCC(OC6OC(CO)C(O)C6O)C(C)(C)C5CCC43C)C2C1(C)O. The maximum atomic E-state index is 14.4. The van der Waals surface area contributed by atoms with E-state index in [1.54, 1.807) is 0 Å². The molecule has 10 N–H and O–H groups in total. The van der Waals surface area contributed by atoms with Crippen LogP contribution in [0.1, 0.15) is 110 Å². The first-order chi connectivity index (χ1) is 30.3. The highest BCUT2D eigenvalue weighted by Gasteiger charge is 2.69. The van der Waals surface area contributed by atoms with Crippen LogP contribution in [0.15, 0.2) is 23.8 Å². The van der Waals surface area contributed by atoms with Crippen LogP contribution in [0.5, 0.6) is 17.2 Å². The van der Waals surface area contributed by atoms with Gasteiger partial charge in [0, 0.05) is 5.92 Å². The van der Waals surface area contributed by atoms with Gasteiger partial charge in [-0.25, -0.2) is 4.79 Å². The van der Waals surface area contributed by atoms with Gasteiger partial charge >= 0.3 is 11.9 Å². The third-order valence-corrected chi connectivity index (χ3v) is 18.6. The molecule has 17 heteroatoms. The number of hydrogen-bond donors (Lipinski definition) is 10. The molecule has 7 aliphatic rings. The summed E-state index contributed by atoms with van der Waals surface area (Å²) in [5, 5.41) is 105. The van der Waals surface area contributed by atoms with Crippen LogP contribution in [0, 0.1) is 57.2 Å². The Bertz CT molecular complexity index is 2000. The van der Waals surface area contributed by atoms with Crippen molar-refractivity contribution in [3.8, 4) is 17.2 Å². The van der Waals surface area contributed by atoms with Gasteiger partial charge in [0.2, 0.25) is 6.29 Å². The third kappa shape index (κ3) is 7.49. The highest BCUT2D eigenvalue weighted by Crippen LogP contribution is 2.75. The summed E-state index contributed by atoms with van der Waals surface area (Å²) in [6, 6.07) is 1.73. The van der Waals surface area contributed by atoms with Crippen molar-refractivity contribution in [3.63, 3.8) is 0 Å². The van der Waals surface area contributed by atoms with Crippen LogP contribution in [0.25, 0.3) is 0 Å². The number of carbonyl (C=O) groups is 2. The van der Waals surface area contributed by atoms with E-state index >= 15 is 0 Å². The predicted octanol–water partition coefficient (Wildman–Crippen LogP) is 2.76. The smallest absolute Gasteiger partial charge is 0.338 e. The number of phenols is 3. The van der Waals surface area contributed by atoms with Crippen LogP contribution in [0.2, 0.25) is 0 Å². The molecule has 2 heterocycles. The van der Waals surface area contributed by atoms with Crippen LogP contribution < -0.4 is 0 Å². The molecule has 4 saturated carbocycles. The highest BCUT2D eigenvalue weighted by molar-refractivity contribution is 5.91. The Hall–Kier alpha value is -3.10. The number of rotatable bonds is 8. The van der Waals surface area contributed by atoms with Crippen molar-refractivity contribution in [1.29, 1.82) is 0 Å². The van der Waals surface area contributed by atoms with Gasteiger partial charge in [-0.1, -0.05) is 53.2 Å². The van der Waals surface area contributed by atoms with Crippen LogP contribution in [0.4, 0.5) is 0 Å². The molecule has 0 aromatic heterocycles. The lowest BCUT2D eigenvalue weighted by atomic mass is 9.34. The van der Waals surface area contributed by atoms with Crippen molar-refractivity contribution >= 4 is 11.9 Å². The second-order valence-electron chi connectivity index (χ2n) is 22.0. The molecule has 17 nitrogen and oxygen atoms in total. The molecule has 8 rings (SSSR count). The third-order valence-electron chi connectivity index (χ3n) is 18.6. The molecule has 364 valence electrons. The molecule has 20 unspecified atom stereocenters. The fourth-order valence-corrected chi connectivity index (χ4v) is 14.5. The second kappa shape index (κ2) is 16.8. The molecule has 6 fully saturated rings. The molecule has 0 spiro atoms. The van der Waals surface area contributed by atoms with E-state index < -0.39 is 115 Å². The minimum atomic E-state index is -1.85. The van der Waals surface area contributed by atoms with Gasteiger partial charge in [0.05, 0.1) is 29.8 Å². The maximum Gasteiger partial charge on any atom is 0.338 e. The Labute approximate surface area is 379 Å². The van der Waals surface area contributed by atoms with Gasteiger partial charge in [0.15, 0.2) is 23.5 Å². The number of ether oxygens (including phenoxy) is 5. The molecule has 1 aromatic carbocycles. The first-order valence-electron chi connectivity index (χ1n) is 23.4. The zero-order valence-corrected chi connectivity index (χ0v) is 38.4. The van der Waals surface area contributed by atoms with Crippen molar-refractivity contribution in [2.75, 3.05) is 13.2 Å². The van der Waals surface area contributed by atoms with Crippen LogP contribution in [-0.4, -0.2) is 143 Å². The van der Waals surface area contributed by atoms with Crippen molar-refractivity contribution in [2.24, 2.45) is 57.2 Å². The van der Waals surface area contributed by atoms with Crippen molar-refractivity contribution in [3.05, 3.63) is 29.3 Å². The lowest BCUT2D eigenvalue weighted by Gasteiger charge is -2.71. The maximum absolute atomic E-state index is 14.4.